The van der Waals surface area contributed by atoms with Gasteiger partial charge < -0.3 is 51.7 Å². The number of hydrogen-bond acceptors (Lipinski definition) is 2. The third kappa shape index (κ3) is 19.4. The van der Waals surface area contributed by atoms with Crippen molar-refractivity contribution in [1.29, 1.82) is 0 Å². The van der Waals surface area contributed by atoms with Crippen molar-refractivity contribution >= 4 is 29.2 Å². The molecular formula is C5H18NNaO4S2. The van der Waals surface area contributed by atoms with E-state index in [-0.39, 0.29) is 51.5 Å². The Kier molecular flexibility index (Phi) is 65.7. The first-order valence-corrected chi connectivity index (χ1v) is 3.50. The Bertz CT molecular complexity index is 94.6. The van der Waals surface area contributed by atoms with Gasteiger partial charge >= 0.3 is 29.6 Å². The number of hydrogen-bond donors (Lipinski definition) is 0. The Morgan fingerprint density at radius 1 is 1.08 bits per heavy atom. The van der Waals surface area contributed by atoms with E-state index >= 15 is 0 Å². The van der Waals surface area contributed by atoms with E-state index in [1.54, 1.807) is 0 Å². The van der Waals surface area contributed by atoms with Crippen LogP contribution >= 0.6 is 12.2 Å². The third-order valence-corrected chi connectivity index (χ3v) is 1.54. The molecule has 0 atom stereocenters. The maximum absolute atomic E-state index is 4.76. The number of nitrogens with zero attached hydrogens (tertiary/aromatic N) is 1. The first-order valence-electron chi connectivity index (χ1n) is 2.68. The van der Waals surface area contributed by atoms with Gasteiger partial charge in [-0.05, 0) is 13.8 Å². The monoisotopic (exact) mass is 243 g/mol. The van der Waals surface area contributed by atoms with Crippen molar-refractivity contribution in [2.45, 2.75) is 13.8 Å². The van der Waals surface area contributed by atoms with Crippen molar-refractivity contribution < 1.29 is 51.5 Å². The molecule has 0 saturated carbocycles. The Balaban J connectivity index is -0.0000000245. The largest absolute Gasteiger partial charge is 1.00 e. The molecule has 8 heteroatoms. The average molecular weight is 243 g/mol. The zero-order valence-electron chi connectivity index (χ0n) is 8.18. The van der Waals surface area contributed by atoms with Crippen LogP contribution in [0.2, 0.25) is 0 Å². The summed E-state index contributed by atoms with van der Waals surface area (Å²) in [4.78, 5) is 1.96. The van der Waals surface area contributed by atoms with Gasteiger partial charge in [-0.25, -0.2) is 0 Å². The Hall–Kier alpha value is 0.950. The molecule has 80 valence electrons. The quantitative estimate of drug-likeness (QED) is 0.273. The van der Waals surface area contributed by atoms with Crippen molar-refractivity contribution in [1.82, 2.24) is 4.90 Å². The number of thiocarbonyl (C=S) groups is 1. The SMILES string of the molecule is CCN(CC)C(=S)[S-].O.O.O.O.[Na+]. The minimum atomic E-state index is 0. The molecule has 0 spiro atoms. The zero-order chi connectivity index (χ0) is 6.57. The molecule has 0 rings (SSSR count). The van der Waals surface area contributed by atoms with Gasteiger partial charge in [-0.2, -0.15) is 0 Å². The van der Waals surface area contributed by atoms with Gasteiger partial charge in [0, 0.05) is 13.1 Å². The second kappa shape index (κ2) is 23.1. The topological polar surface area (TPSA) is 129 Å². The summed E-state index contributed by atoms with van der Waals surface area (Å²) in [6, 6.07) is 0. The van der Waals surface area contributed by atoms with Crippen LogP contribution in [-0.4, -0.2) is 44.2 Å². The second-order valence-electron chi connectivity index (χ2n) is 1.44. The fourth-order valence-corrected chi connectivity index (χ4v) is 0.998. The van der Waals surface area contributed by atoms with Crippen LogP contribution < -0.4 is 29.6 Å². The fourth-order valence-electron chi connectivity index (χ4n) is 0.482. The molecule has 8 N–H and O–H groups in total. The van der Waals surface area contributed by atoms with Crippen LogP contribution in [0.1, 0.15) is 13.8 Å². The van der Waals surface area contributed by atoms with E-state index in [0.29, 0.717) is 4.32 Å². The van der Waals surface area contributed by atoms with Gasteiger partial charge in [0.25, 0.3) is 0 Å². The van der Waals surface area contributed by atoms with Gasteiger partial charge in [-0.1, -0.05) is 4.32 Å². The predicted octanol–water partition coefficient (Wildman–Crippen LogP) is -5.13. The Morgan fingerprint density at radius 3 is 1.31 bits per heavy atom. The third-order valence-electron chi connectivity index (χ3n) is 1.02. The van der Waals surface area contributed by atoms with E-state index in [2.05, 4.69) is 0 Å². The van der Waals surface area contributed by atoms with Gasteiger partial charge in [0.2, 0.25) is 0 Å². The Morgan fingerprint density at radius 2 is 1.31 bits per heavy atom. The summed E-state index contributed by atoms with van der Waals surface area (Å²) < 4.78 is 0.579. The average Bonchev–Trinajstić information content (AvgIpc) is 1.69. The molecule has 0 heterocycles. The molecule has 0 saturated heterocycles. The molecule has 0 bridgehead atoms. The van der Waals surface area contributed by atoms with E-state index in [1.165, 1.54) is 0 Å². The molecule has 0 aliphatic heterocycles. The minimum Gasteiger partial charge on any atom is -0.412 e. The van der Waals surface area contributed by atoms with Crippen molar-refractivity contribution in [2.75, 3.05) is 13.1 Å². The molecule has 0 aliphatic carbocycles. The van der Waals surface area contributed by atoms with E-state index in [4.69, 9.17) is 24.8 Å². The second-order valence-corrected chi connectivity index (χ2v) is 2.47. The van der Waals surface area contributed by atoms with Crippen LogP contribution in [0.5, 0.6) is 0 Å². The molecule has 0 aromatic heterocycles. The predicted molar refractivity (Wildman–Crippen MR) is 57.3 cm³/mol. The molecule has 0 aliphatic rings. The van der Waals surface area contributed by atoms with E-state index in [9.17, 15) is 0 Å². The van der Waals surface area contributed by atoms with Crippen LogP contribution in [-0.2, 0) is 12.6 Å². The summed E-state index contributed by atoms with van der Waals surface area (Å²) >= 11 is 9.51. The maximum atomic E-state index is 4.76. The zero-order valence-corrected chi connectivity index (χ0v) is 11.8. The van der Waals surface area contributed by atoms with Crippen LogP contribution in [0.3, 0.4) is 0 Å². The molecule has 0 unspecified atom stereocenters. The molecule has 0 aromatic carbocycles. The van der Waals surface area contributed by atoms with Crippen molar-refractivity contribution in [3.8, 4) is 0 Å². The van der Waals surface area contributed by atoms with Gasteiger partial charge in [0.15, 0.2) is 0 Å². The van der Waals surface area contributed by atoms with Crippen molar-refractivity contribution in [3.63, 3.8) is 0 Å². The first kappa shape index (κ1) is 37.0. The molecule has 0 radical (unpaired) electrons. The van der Waals surface area contributed by atoms with Gasteiger partial charge in [0.1, 0.15) is 0 Å². The maximum Gasteiger partial charge on any atom is 1.00 e. The van der Waals surface area contributed by atoms with E-state index in [0.717, 1.165) is 13.1 Å². The fraction of sp³-hybridized carbons (Fsp3) is 0.800. The minimum absolute atomic E-state index is 0. The number of rotatable bonds is 2. The summed E-state index contributed by atoms with van der Waals surface area (Å²) in [5.41, 5.74) is 0. The Labute approximate surface area is 112 Å². The van der Waals surface area contributed by atoms with E-state index < -0.39 is 0 Å². The van der Waals surface area contributed by atoms with Gasteiger partial charge in [-0.3, -0.25) is 0 Å². The summed E-state index contributed by atoms with van der Waals surface area (Å²) in [7, 11) is 0. The molecule has 0 fully saturated rings. The smallest absolute Gasteiger partial charge is 0.412 e. The first-order chi connectivity index (χ1) is 3.72. The molecule has 5 nitrogen and oxygen atoms in total. The van der Waals surface area contributed by atoms with Crippen LogP contribution in [0.4, 0.5) is 0 Å². The van der Waals surface area contributed by atoms with Crippen LogP contribution in [0, 0.1) is 0 Å². The summed E-state index contributed by atoms with van der Waals surface area (Å²) in [6.45, 7) is 5.95. The van der Waals surface area contributed by atoms with Crippen LogP contribution in [0.25, 0.3) is 0 Å². The van der Waals surface area contributed by atoms with Gasteiger partial charge in [0.05, 0.1) is 0 Å². The van der Waals surface area contributed by atoms with Crippen LogP contribution in [0.15, 0.2) is 0 Å². The van der Waals surface area contributed by atoms with E-state index in [1.807, 2.05) is 18.7 Å². The molecule has 13 heavy (non-hydrogen) atoms. The van der Waals surface area contributed by atoms with Crippen molar-refractivity contribution in [3.05, 3.63) is 0 Å². The summed E-state index contributed by atoms with van der Waals surface area (Å²) in [6.07, 6.45) is 0. The van der Waals surface area contributed by atoms with Crippen molar-refractivity contribution in [2.24, 2.45) is 0 Å². The summed E-state index contributed by atoms with van der Waals surface area (Å²) in [5, 5.41) is 0. The normalized spacial score (nSPS) is 5.38. The van der Waals surface area contributed by atoms with Gasteiger partial charge in [-0.15, -0.1) is 0 Å². The standard InChI is InChI=1S/C5H11NS2.Na.4H2O/c1-3-6(4-2)5(7)8;;;;;/h3-4H2,1-2H3,(H,7,8);;4*1H2/q;+1;;;;/p-1. The molecule has 0 aromatic rings. The summed E-state index contributed by atoms with van der Waals surface area (Å²) in [5.74, 6) is 0. The molecule has 0 amide bonds. The molecular weight excluding hydrogens is 225 g/mol.